The largest absolute Gasteiger partial charge is 0.319 e. The maximum absolute atomic E-state index is 11.7. The van der Waals surface area contributed by atoms with Crippen molar-refractivity contribution in [3.05, 3.63) is 16.1 Å². The second-order valence-corrected chi connectivity index (χ2v) is 4.79. The number of hydrogen-bond acceptors (Lipinski definition) is 4. The molecule has 0 aliphatic carbocycles. The van der Waals surface area contributed by atoms with Gasteiger partial charge >= 0.3 is 0 Å². The highest BCUT2D eigenvalue weighted by Gasteiger charge is 2.26. The summed E-state index contributed by atoms with van der Waals surface area (Å²) in [5.41, 5.74) is 5.97. The van der Waals surface area contributed by atoms with Crippen molar-refractivity contribution in [3.63, 3.8) is 0 Å². The molecule has 1 heterocycles. The van der Waals surface area contributed by atoms with Gasteiger partial charge in [0.25, 0.3) is 0 Å². The maximum Gasteiger partial charge on any atom is 0.158 e. The summed E-state index contributed by atoms with van der Waals surface area (Å²) in [6.07, 6.45) is 1.01. The highest BCUT2D eigenvalue weighted by Crippen LogP contribution is 2.13. The Morgan fingerprint density at radius 2 is 2.36 bits per heavy atom. The molecule has 0 spiro atoms. The van der Waals surface area contributed by atoms with Gasteiger partial charge in [0, 0.05) is 5.38 Å². The van der Waals surface area contributed by atoms with Gasteiger partial charge in [-0.05, 0) is 20.3 Å². The van der Waals surface area contributed by atoms with Crippen LogP contribution >= 0.6 is 11.3 Å². The number of rotatable bonds is 4. The van der Waals surface area contributed by atoms with Crippen LogP contribution < -0.4 is 5.73 Å². The molecule has 2 N–H and O–H groups in total. The monoisotopic (exact) mass is 212 g/mol. The molecule has 0 fully saturated rings. The molecule has 0 saturated carbocycles. The van der Waals surface area contributed by atoms with Gasteiger partial charge in [-0.15, -0.1) is 11.3 Å². The van der Waals surface area contributed by atoms with Crippen LogP contribution in [0.4, 0.5) is 0 Å². The Bertz CT molecular complexity index is 331. The van der Waals surface area contributed by atoms with E-state index in [0.717, 1.165) is 10.7 Å². The molecule has 1 aromatic rings. The van der Waals surface area contributed by atoms with Crippen LogP contribution in [0.5, 0.6) is 0 Å². The van der Waals surface area contributed by atoms with Crippen molar-refractivity contribution in [2.45, 2.75) is 39.2 Å². The predicted octanol–water partition coefficient (Wildman–Crippen LogP) is 1.69. The lowest BCUT2D eigenvalue weighted by molar-refractivity contribution is -0.123. The molecule has 14 heavy (non-hydrogen) atoms. The smallest absolute Gasteiger partial charge is 0.158 e. The fraction of sp³-hybridized carbons (Fsp3) is 0.600. The van der Waals surface area contributed by atoms with Crippen LogP contribution in [0.3, 0.4) is 0 Å². The van der Waals surface area contributed by atoms with Crippen molar-refractivity contribution in [1.29, 1.82) is 0 Å². The van der Waals surface area contributed by atoms with Crippen molar-refractivity contribution in [3.8, 4) is 0 Å². The minimum atomic E-state index is -0.711. The van der Waals surface area contributed by atoms with Crippen LogP contribution in [0.1, 0.15) is 31.0 Å². The predicted molar refractivity (Wildman–Crippen MR) is 58.4 cm³/mol. The van der Waals surface area contributed by atoms with E-state index in [4.69, 9.17) is 5.73 Å². The van der Waals surface area contributed by atoms with E-state index in [-0.39, 0.29) is 5.78 Å². The van der Waals surface area contributed by atoms with E-state index < -0.39 is 5.54 Å². The Balaban J connectivity index is 2.66. The zero-order valence-electron chi connectivity index (χ0n) is 8.83. The van der Waals surface area contributed by atoms with E-state index in [1.54, 1.807) is 18.3 Å². The van der Waals surface area contributed by atoms with Crippen molar-refractivity contribution < 1.29 is 4.79 Å². The number of nitrogens with two attached hydrogens (primary N) is 1. The lowest BCUT2D eigenvalue weighted by Crippen LogP contribution is -2.45. The summed E-state index contributed by atoms with van der Waals surface area (Å²) in [7, 11) is 0. The molecule has 0 aromatic carbocycles. The van der Waals surface area contributed by atoms with E-state index in [0.29, 0.717) is 12.8 Å². The van der Waals surface area contributed by atoms with E-state index in [1.165, 1.54) is 0 Å². The molecular weight excluding hydrogens is 196 g/mol. The van der Waals surface area contributed by atoms with Crippen LogP contribution in [-0.2, 0) is 11.2 Å². The number of aromatic nitrogens is 1. The second kappa shape index (κ2) is 4.19. The van der Waals surface area contributed by atoms with Gasteiger partial charge in [-0.25, -0.2) is 4.98 Å². The quantitative estimate of drug-likeness (QED) is 0.826. The van der Waals surface area contributed by atoms with Crippen LogP contribution in [0.25, 0.3) is 0 Å². The molecule has 1 atom stereocenters. The number of carbonyl (C=O) groups excluding carboxylic acids is 1. The van der Waals surface area contributed by atoms with Gasteiger partial charge in [-0.1, -0.05) is 6.92 Å². The summed E-state index contributed by atoms with van der Waals surface area (Å²) in [5, 5.41) is 2.90. The molecule has 3 nitrogen and oxygen atoms in total. The first kappa shape index (κ1) is 11.3. The zero-order valence-corrected chi connectivity index (χ0v) is 9.65. The van der Waals surface area contributed by atoms with Gasteiger partial charge in [0.05, 0.1) is 22.7 Å². The fourth-order valence-electron chi connectivity index (χ4n) is 1.05. The standard InChI is InChI=1S/C10H16N2OS/c1-4-10(3,11)9(13)5-8-6-14-7(2)12-8/h6H,4-5,11H2,1-3H3. The number of hydrogen-bond donors (Lipinski definition) is 1. The maximum atomic E-state index is 11.7. The fourth-order valence-corrected chi connectivity index (χ4v) is 1.67. The Labute approximate surface area is 88.3 Å². The summed E-state index contributed by atoms with van der Waals surface area (Å²) in [6.45, 7) is 5.62. The first-order chi connectivity index (χ1) is 6.45. The lowest BCUT2D eigenvalue weighted by atomic mass is 9.92. The SMILES string of the molecule is CCC(C)(N)C(=O)Cc1csc(C)n1. The van der Waals surface area contributed by atoms with Gasteiger partial charge in [-0.2, -0.15) is 0 Å². The van der Waals surface area contributed by atoms with Gasteiger partial charge in [0.1, 0.15) is 0 Å². The molecular formula is C10H16N2OS. The van der Waals surface area contributed by atoms with Crippen LogP contribution in [0.15, 0.2) is 5.38 Å². The van der Waals surface area contributed by atoms with E-state index >= 15 is 0 Å². The molecule has 0 amide bonds. The number of Topliss-reactive ketones (excluding diaryl/α,β-unsaturated/α-hetero) is 1. The molecule has 1 rings (SSSR count). The van der Waals surface area contributed by atoms with E-state index in [9.17, 15) is 4.79 Å². The Morgan fingerprint density at radius 3 is 2.79 bits per heavy atom. The molecule has 1 unspecified atom stereocenters. The Hall–Kier alpha value is -0.740. The van der Waals surface area contributed by atoms with Gasteiger partial charge in [0.15, 0.2) is 5.78 Å². The number of nitrogens with zero attached hydrogens (tertiary/aromatic N) is 1. The lowest BCUT2D eigenvalue weighted by Gasteiger charge is -2.20. The third-order valence-corrected chi connectivity index (χ3v) is 3.20. The molecule has 1 aromatic heterocycles. The molecule has 0 saturated heterocycles. The molecule has 78 valence electrons. The van der Waals surface area contributed by atoms with Crippen molar-refractivity contribution in [1.82, 2.24) is 4.98 Å². The van der Waals surface area contributed by atoms with Crippen molar-refractivity contribution in [2.24, 2.45) is 5.73 Å². The Morgan fingerprint density at radius 1 is 1.71 bits per heavy atom. The summed E-state index contributed by atoms with van der Waals surface area (Å²) in [6, 6.07) is 0. The van der Waals surface area contributed by atoms with Crippen molar-refractivity contribution >= 4 is 17.1 Å². The van der Waals surface area contributed by atoms with E-state index in [2.05, 4.69) is 4.98 Å². The Kier molecular flexibility index (Phi) is 3.39. The average molecular weight is 212 g/mol. The number of ketones is 1. The number of thiazole rings is 1. The third kappa shape index (κ3) is 2.62. The third-order valence-electron chi connectivity index (χ3n) is 2.38. The first-order valence-electron chi connectivity index (χ1n) is 4.69. The summed E-state index contributed by atoms with van der Waals surface area (Å²) < 4.78 is 0. The second-order valence-electron chi connectivity index (χ2n) is 3.73. The minimum Gasteiger partial charge on any atom is -0.319 e. The topological polar surface area (TPSA) is 56.0 Å². The van der Waals surface area contributed by atoms with Crippen molar-refractivity contribution in [2.75, 3.05) is 0 Å². The highest BCUT2D eigenvalue weighted by molar-refractivity contribution is 7.09. The average Bonchev–Trinajstić information content (AvgIpc) is 2.51. The molecule has 4 heteroatoms. The van der Waals surface area contributed by atoms with Gasteiger partial charge < -0.3 is 5.73 Å². The molecule has 0 aliphatic heterocycles. The van der Waals surface area contributed by atoms with Crippen LogP contribution in [0.2, 0.25) is 0 Å². The van der Waals surface area contributed by atoms with Crippen LogP contribution in [0, 0.1) is 6.92 Å². The highest BCUT2D eigenvalue weighted by atomic mass is 32.1. The summed E-state index contributed by atoms with van der Waals surface area (Å²) >= 11 is 1.56. The normalized spacial score (nSPS) is 15.1. The van der Waals surface area contributed by atoms with Gasteiger partial charge in [-0.3, -0.25) is 4.79 Å². The van der Waals surface area contributed by atoms with Crippen LogP contribution in [-0.4, -0.2) is 16.3 Å². The number of aryl methyl sites for hydroxylation is 1. The minimum absolute atomic E-state index is 0.0605. The van der Waals surface area contributed by atoms with E-state index in [1.807, 2.05) is 19.2 Å². The molecule has 0 aliphatic rings. The first-order valence-corrected chi connectivity index (χ1v) is 5.57. The molecule has 0 radical (unpaired) electrons. The summed E-state index contributed by atoms with van der Waals surface area (Å²) in [5.74, 6) is 0.0605. The number of carbonyl (C=O) groups is 1. The van der Waals surface area contributed by atoms with Gasteiger partial charge in [0.2, 0.25) is 0 Å². The summed E-state index contributed by atoms with van der Waals surface area (Å²) in [4.78, 5) is 16.0. The molecule has 0 bridgehead atoms. The zero-order chi connectivity index (χ0) is 10.8.